The van der Waals surface area contributed by atoms with Gasteiger partial charge in [-0.2, -0.15) is 0 Å². The number of anilines is 1. The van der Waals surface area contributed by atoms with Gasteiger partial charge >= 0.3 is 5.97 Å². The van der Waals surface area contributed by atoms with Gasteiger partial charge in [-0.05, 0) is 31.9 Å². The van der Waals surface area contributed by atoms with Crippen LogP contribution in [0.2, 0.25) is 0 Å². The van der Waals surface area contributed by atoms with E-state index in [1.807, 2.05) is 31.2 Å². The number of hydrogen-bond acceptors (Lipinski definition) is 3. The lowest BCUT2D eigenvalue weighted by Gasteiger charge is -2.28. The Bertz CT molecular complexity index is 396. The molecule has 2 N–H and O–H groups in total. The Kier molecular flexibility index (Phi) is 4.20. The third-order valence-corrected chi connectivity index (χ3v) is 3.31. The molecule has 4 nitrogen and oxygen atoms in total. The van der Waals surface area contributed by atoms with Gasteiger partial charge < -0.3 is 15.2 Å². The molecular weight excluding hydrogens is 230 g/mol. The summed E-state index contributed by atoms with van der Waals surface area (Å²) in [5, 5.41) is 12.4. The summed E-state index contributed by atoms with van der Waals surface area (Å²) in [7, 11) is 0. The molecule has 98 valence electrons. The highest BCUT2D eigenvalue weighted by atomic mass is 16.5. The number of rotatable bonds is 4. The van der Waals surface area contributed by atoms with Crippen LogP contribution >= 0.6 is 0 Å². The quantitative estimate of drug-likeness (QED) is 0.859. The summed E-state index contributed by atoms with van der Waals surface area (Å²) in [6.07, 6.45) is 1.83. The molecule has 1 fully saturated rings. The van der Waals surface area contributed by atoms with Crippen LogP contribution in [0.25, 0.3) is 0 Å². The van der Waals surface area contributed by atoms with E-state index in [1.54, 1.807) is 0 Å². The number of ether oxygens (including phenoxy) is 1. The first-order valence-electron chi connectivity index (χ1n) is 6.30. The van der Waals surface area contributed by atoms with Gasteiger partial charge in [0.1, 0.15) is 6.04 Å². The fourth-order valence-electron chi connectivity index (χ4n) is 2.24. The van der Waals surface area contributed by atoms with Crippen molar-refractivity contribution >= 4 is 11.7 Å². The minimum absolute atomic E-state index is 0.0394. The predicted octanol–water partition coefficient (Wildman–Crippen LogP) is 2.29. The molecule has 0 aromatic heterocycles. The highest BCUT2D eigenvalue weighted by molar-refractivity contribution is 5.77. The molecule has 2 rings (SSSR count). The van der Waals surface area contributed by atoms with Crippen molar-refractivity contribution in [3.63, 3.8) is 0 Å². The molecule has 4 heteroatoms. The average Bonchev–Trinajstić information content (AvgIpc) is 2.38. The zero-order valence-corrected chi connectivity index (χ0v) is 10.6. The number of nitrogens with one attached hydrogen (secondary N) is 1. The van der Waals surface area contributed by atoms with Crippen LogP contribution in [-0.2, 0) is 9.53 Å². The van der Waals surface area contributed by atoms with Gasteiger partial charge in [0.15, 0.2) is 0 Å². The Morgan fingerprint density at radius 2 is 2.17 bits per heavy atom. The second-order valence-corrected chi connectivity index (χ2v) is 4.80. The molecule has 0 bridgehead atoms. The van der Waals surface area contributed by atoms with E-state index in [2.05, 4.69) is 5.32 Å². The molecule has 1 heterocycles. The van der Waals surface area contributed by atoms with Crippen LogP contribution in [0.5, 0.6) is 0 Å². The fraction of sp³-hybridized carbons (Fsp3) is 0.500. The van der Waals surface area contributed by atoms with E-state index in [4.69, 9.17) is 4.74 Å². The molecule has 0 amide bonds. The van der Waals surface area contributed by atoms with Gasteiger partial charge in [0.2, 0.25) is 0 Å². The molecule has 1 aromatic carbocycles. The van der Waals surface area contributed by atoms with Crippen LogP contribution in [0.15, 0.2) is 24.3 Å². The van der Waals surface area contributed by atoms with Crippen LogP contribution in [0.4, 0.5) is 5.69 Å². The van der Waals surface area contributed by atoms with Crippen molar-refractivity contribution in [1.29, 1.82) is 0 Å². The topological polar surface area (TPSA) is 58.6 Å². The third kappa shape index (κ3) is 3.23. The van der Waals surface area contributed by atoms with Crippen molar-refractivity contribution in [2.24, 2.45) is 5.92 Å². The summed E-state index contributed by atoms with van der Waals surface area (Å²) in [4.78, 5) is 11.4. The maximum atomic E-state index is 11.4. The highest BCUT2D eigenvalue weighted by Gasteiger charge is 2.29. The maximum absolute atomic E-state index is 11.4. The van der Waals surface area contributed by atoms with E-state index in [1.165, 1.54) is 0 Å². The van der Waals surface area contributed by atoms with E-state index in [-0.39, 0.29) is 5.92 Å². The lowest BCUT2D eigenvalue weighted by Crippen LogP contribution is -2.40. The van der Waals surface area contributed by atoms with Crippen LogP contribution in [0.1, 0.15) is 18.4 Å². The Balaban J connectivity index is 2.05. The highest BCUT2D eigenvalue weighted by Crippen LogP contribution is 2.21. The molecule has 2 atom stereocenters. The van der Waals surface area contributed by atoms with E-state index in [0.717, 1.165) is 30.7 Å². The minimum atomic E-state index is -0.814. The van der Waals surface area contributed by atoms with Crippen molar-refractivity contribution < 1.29 is 14.6 Å². The normalized spacial score (nSPS) is 21.3. The van der Waals surface area contributed by atoms with Gasteiger partial charge in [-0.25, -0.2) is 4.79 Å². The summed E-state index contributed by atoms with van der Waals surface area (Å²) in [5.41, 5.74) is 2.01. The number of benzene rings is 1. The Labute approximate surface area is 107 Å². The van der Waals surface area contributed by atoms with Crippen molar-refractivity contribution in [2.75, 3.05) is 18.5 Å². The standard InChI is InChI=1S/C14H19NO3/c1-10-4-6-12(7-5-10)15-13(14(16)17)11-3-2-8-18-9-11/h4-7,11,13,15H,2-3,8-9H2,1H3,(H,16,17). The van der Waals surface area contributed by atoms with Crippen molar-refractivity contribution in [1.82, 2.24) is 0 Å². The lowest BCUT2D eigenvalue weighted by atomic mass is 9.93. The minimum Gasteiger partial charge on any atom is -0.480 e. The second-order valence-electron chi connectivity index (χ2n) is 4.80. The molecule has 0 radical (unpaired) electrons. The second kappa shape index (κ2) is 5.87. The summed E-state index contributed by atoms with van der Waals surface area (Å²) < 4.78 is 5.37. The van der Waals surface area contributed by atoms with Gasteiger partial charge in [0.25, 0.3) is 0 Å². The number of aryl methyl sites for hydroxylation is 1. The van der Waals surface area contributed by atoms with Crippen LogP contribution < -0.4 is 5.32 Å². The average molecular weight is 249 g/mol. The van der Waals surface area contributed by atoms with E-state index < -0.39 is 12.0 Å². The van der Waals surface area contributed by atoms with Crippen LogP contribution in [0, 0.1) is 12.8 Å². The first-order valence-corrected chi connectivity index (χ1v) is 6.30. The van der Waals surface area contributed by atoms with Gasteiger partial charge in [0, 0.05) is 18.2 Å². The smallest absolute Gasteiger partial charge is 0.326 e. The number of aliphatic carboxylic acids is 1. The number of carbonyl (C=O) groups is 1. The molecule has 18 heavy (non-hydrogen) atoms. The van der Waals surface area contributed by atoms with Gasteiger partial charge in [-0.15, -0.1) is 0 Å². The Morgan fingerprint density at radius 1 is 1.44 bits per heavy atom. The first kappa shape index (κ1) is 12.9. The van der Waals surface area contributed by atoms with E-state index in [0.29, 0.717) is 6.61 Å². The summed E-state index contributed by atoms with van der Waals surface area (Å²) in [6.45, 7) is 3.27. The summed E-state index contributed by atoms with van der Waals surface area (Å²) in [6, 6.07) is 7.19. The molecule has 0 spiro atoms. The van der Waals surface area contributed by atoms with Gasteiger partial charge in [-0.3, -0.25) is 0 Å². The van der Waals surface area contributed by atoms with E-state index in [9.17, 15) is 9.90 Å². The third-order valence-electron chi connectivity index (χ3n) is 3.31. The summed E-state index contributed by atoms with van der Waals surface area (Å²) >= 11 is 0. The molecule has 1 saturated heterocycles. The van der Waals surface area contributed by atoms with E-state index >= 15 is 0 Å². The first-order chi connectivity index (χ1) is 8.66. The predicted molar refractivity (Wildman–Crippen MR) is 69.8 cm³/mol. The zero-order valence-electron chi connectivity index (χ0n) is 10.6. The maximum Gasteiger partial charge on any atom is 0.326 e. The largest absolute Gasteiger partial charge is 0.480 e. The fourth-order valence-corrected chi connectivity index (χ4v) is 2.24. The molecule has 1 aliphatic rings. The molecule has 0 aliphatic carbocycles. The molecule has 1 aromatic rings. The number of hydrogen-bond donors (Lipinski definition) is 2. The number of carboxylic acid groups (broad SMARTS) is 1. The van der Waals surface area contributed by atoms with Gasteiger partial charge in [0.05, 0.1) is 6.61 Å². The number of carboxylic acids is 1. The molecule has 0 saturated carbocycles. The lowest BCUT2D eigenvalue weighted by molar-refractivity contribution is -0.140. The molecule has 2 unspecified atom stereocenters. The summed E-state index contributed by atoms with van der Waals surface area (Å²) in [5.74, 6) is -0.774. The van der Waals surface area contributed by atoms with Gasteiger partial charge in [-0.1, -0.05) is 17.7 Å². The monoisotopic (exact) mass is 249 g/mol. The zero-order chi connectivity index (χ0) is 13.0. The SMILES string of the molecule is Cc1ccc(NC(C(=O)O)C2CCCOC2)cc1. The Morgan fingerprint density at radius 3 is 2.72 bits per heavy atom. The van der Waals surface area contributed by atoms with Crippen LogP contribution in [-0.4, -0.2) is 30.3 Å². The van der Waals surface area contributed by atoms with Crippen molar-refractivity contribution in [3.8, 4) is 0 Å². The molecule has 1 aliphatic heterocycles. The van der Waals surface area contributed by atoms with Crippen molar-refractivity contribution in [2.45, 2.75) is 25.8 Å². The molecular formula is C14H19NO3. The Hall–Kier alpha value is -1.55. The van der Waals surface area contributed by atoms with Crippen LogP contribution in [0.3, 0.4) is 0 Å². The van der Waals surface area contributed by atoms with Crippen molar-refractivity contribution in [3.05, 3.63) is 29.8 Å².